The lowest BCUT2D eigenvalue weighted by atomic mass is 9.86. The number of hydrogen-bond acceptors (Lipinski definition) is 6. The van der Waals surface area contributed by atoms with Crippen molar-refractivity contribution in [1.82, 2.24) is 14.7 Å². The Morgan fingerprint density at radius 2 is 1.17 bits per heavy atom. The average molecular weight is 668 g/mol. The average Bonchev–Trinajstić information content (AvgIpc) is 3.85. The van der Waals surface area contributed by atoms with Crippen molar-refractivity contribution in [1.29, 1.82) is 0 Å². The van der Waals surface area contributed by atoms with E-state index in [1.54, 1.807) is 14.2 Å². The summed E-state index contributed by atoms with van der Waals surface area (Å²) in [5.74, 6) is 0.642. The third-order valence-corrected chi connectivity index (χ3v) is 9.48. The Balaban J connectivity index is -0.000000700. The SMILES string of the molecule is CC.CC.CC/C(C)=N/N=C(\C)[C@@H]1CCCN1C(=O)CC(C)(C)CC.CCC(C)(C)CC(=O)N1CCC[C@H]1CN1CCCC1.COC.[HH]. The van der Waals surface area contributed by atoms with E-state index in [0.717, 1.165) is 63.2 Å². The number of methoxy groups -OCH3 is 1. The molecule has 0 aromatic carbocycles. The van der Waals surface area contributed by atoms with Crippen LogP contribution >= 0.6 is 0 Å². The van der Waals surface area contributed by atoms with E-state index < -0.39 is 0 Å². The summed E-state index contributed by atoms with van der Waals surface area (Å²) in [4.78, 5) is 31.8. The van der Waals surface area contributed by atoms with Crippen molar-refractivity contribution in [2.24, 2.45) is 21.0 Å². The van der Waals surface area contributed by atoms with Gasteiger partial charge >= 0.3 is 0 Å². The molecule has 0 spiro atoms. The topological polar surface area (TPSA) is 77.8 Å². The summed E-state index contributed by atoms with van der Waals surface area (Å²) in [6, 6.07) is 0.622. The fraction of sp³-hybridized carbons (Fsp3) is 0.897. The van der Waals surface area contributed by atoms with Crippen LogP contribution in [-0.2, 0) is 14.3 Å². The van der Waals surface area contributed by atoms with E-state index in [4.69, 9.17) is 0 Å². The van der Waals surface area contributed by atoms with Crippen LogP contribution in [0.2, 0.25) is 0 Å². The first-order valence-electron chi connectivity index (χ1n) is 19.0. The van der Waals surface area contributed by atoms with E-state index in [0.29, 0.717) is 24.8 Å². The highest BCUT2D eigenvalue weighted by Gasteiger charge is 2.34. The molecule has 0 aromatic rings. The summed E-state index contributed by atoms with van der Waals surface area (Å²) < 4.78 is 4.25. The molecule has 8 nitrogen and oxygen atoms in total. The van der Waals surface area contributed by atoms with Gasteiger partial charge in [0.15, 0.2) is 0 Å². The molecule has 0 N–H and O–H groups in total. The maximum atomic E-state index is 12.6. The van der Waals surface area contributed by atoms with Gasteiger partial charge in [0.1, 0.15) is 0 Å². The number of ether oxygens (including phenoxy) is 1. The molecule has 3 aliphatic heterocycles. The fourth-order valence-corrected chi connectivity index (χ4v) is 5.69. The van der Waals surface area contributed by atoms with Crippen LogP contribution in [0.15, 0.2) is 10.2 Å². The molecule has 3 rings (SSSR count). The Labute approximate surface area is 294 Å². The molecular weight excluding hydrogens is 586 g/mol. The van der Waals surface area contributed by atoms with E-state index in [-0.39, 0.29) is 24.2 Å². The summed E-state index contributed by atoms with van der Waals surface area (Å²) in [7, 11) is 3.25. The van der Waals surface area contributed by atoms with Crippen molar-refractivity contribution in [2.75, 3.05) is 46.9 Å². The van der Waals surface area contributed by atoms with Gasteiger partial charge in [-0.3, -0.25) is 9.59 Å². The lowest BCUT2D eigenvalue weighted by Gasteiger charge is -2.31. The number of rotatable bonds is 11. The standard InChI is InChI=1S/C17H31N3O.C16H30N2O.C2H6O.2C2H6.H2/c1-7-13(3)18-19-14(4)15-10-9-11-20(15)16(21)12-17(5,6)8-2;1-4-16(2,3)12-15(19)18-11-7-8-14(18)13-17-9-5-6-10-17;1-3-2;2*1-2;/h15H,7-12H2,1-6H3;14H,4-13H2,1-3H3;1-2H3;2*1-2H3;1H/b18-13+,19-14+;;;;;/t15-;14-;;;;/m00..../s1. The summed E-state index contributed by atoms with van der Waals surface area (Å²) >= 11 is 0. The van der Waals surface area contributed by atoms with E-state index in [1.165, 1.54) is 38.8 Å². The van der Waals surface area contributed by atoms with Gasteiger partial charge in [-0.1, -0.05) is 89.0 Å². The monoisotopic (exact) mass is 668 g/mol. The number of hydrogen-bond donors (Lipinski definition) is 0. The Kier molecular flexibility index (Phi) is 26.3. The zero-order valence-corrected chi connectivity index (χ0v) is 33.9. The maximum Gasteiger partial charge on any atom is 0.223 e. The number of carbonyl (C=O) groups excluding carboxylic acids is 2. The molecule has 3 fully saturated rings. The molecule has 0 aromatic heterocycles. The van der Waals surface area contributed by atoms with Gasteiger partial charge in [-0.05, 0) is 82.7 Å². The first kappa shape index (κ1) is 47.3. The fourth-order valence-electron chi connectivity index (χ4n) is 5.69. The van der Waals surface area contributed by atoms with E-state index in [2.05, 4.69) is 73.2 Å². The molecule has 8 heteroatoms. The maximum absolute atomic E-state index is 12.6. The van der Waals surface area contributed by atoms with Crippen molar-refractivity contribution >= 4 is 23.2 Å². The molecule has 280 valence electrons. The number of nitrogens with zero attached hydrogens (tertiary/aromatic N) is 5. The van der Waals surface area contributed by atoms with Crippen LogP contribution in [0.4, 0.5) is 0 Å². The zero-order valence-electron chi connectivity index (χ0n) is 33.9. The normalized spacial score (nSPS) is 20.2. The van der Waals surface area contributed by atoms with Crippen LogP contribution in [0, 0.1) is 10.8 Å². The van der Waals surface area contributed by atoms with Crippen molar-refractivity contribution in [3.05, 3.63) is 0 Å². The Hall–Kier alpha value is -1.80. The van der Waals surface area contributed by atoms with Gasteiger partial charge < -0.3 is 19.4 Å². The first-order chi connectivity index (χ1) is 22.2. The second kappa shape index (κ2) is 26.1. The van der Waals surface area contributed by atoms with Gasteiger partial charge in [0, 0.05) is 59.9 Å². The molecule has 0 aliphatic carbocycles. The molecule has 3 heterocycles. The highest BCUT2D eigenvalue weighted by Crippen LogP contribution is 2.30. The highest BCUT2D eigenvalue weighted by atomic mass is 16.4. The summed E-state index contributed by atoms with van der Waals surface area (Å²) in [6.07, 6.45) is 11.5. The number of carbonyl (C=O) groups is 2. The molecule has 47 heavy (non-hydrogen) atoms. The van der Waals surface area contributed by atoms with E-state index in [9.17, 15) is 9.59 Å². The molecule has 3 saturated heterocycles. The predicted octanol–water partition coefficient (Wildman–Crippen LogP) is 9.51. The van der Waals surface area contributed by atoms with Gasteiger partial charge in [-0.15, -0.1) is 0 Å². The van der Waals surface area contributed by atoms with Gasteiger partial charge in [-0.2, -0.15) is 10.2 Å². The van der Waals surface area contributed by atoms with Crippen LogP contribution in [0.3, 0.4) is 0 Å². The number of likely N-dealkylation sites (tertiary alicyclic amines) is 3. The minimum Gasteiger partial charge on any atom is -0.388 e. The Bertz CT molecular complexity index is 900. The minimum absolute atomic E-state index is 0. The predicted molar refractivity (Wildman–Crippen MR) is 207 cm³/mol. The second-order valence-corrected chi connectivity index (χ2v) is 14.4. The lowest BCUT2D eigenvalue weighted by molar-refractivity contribution is -0.134. The largest absolute Gasteiger partial charge is 0.388 e. The first-order valence-corrected chi connectivity index (χ1v) is 19.0. The second-order valence-electron chi connectivity index (χ2n) is 14.4. The lowest BCUT2D eigenvalue weighted by Crippen LogP contribution is -2.43. The summed E-state index contributed by atoms with van der Waals surface area (Å²) in [5, 5.41) is 8.58. The number of amides is 2. The molecule has 0 saturated carbocycles. The van der Waals surface area contributed by atoms with Gasteiger partial charge in [-0.25, -0.2) is 0 Å². The Morgan fingerprint density at radius 1 is 0.723 bits per heavy atom. The molecule has 2 amide bonds. The zero-order chi connectivity index (χ0) is 36.6. The molecule has 3 aliphatic rings. The molecule has 0 unspecified atom stereocenters. The van der Waals surface area contributed by atoms with Gasteiger partial charge in [0.05, 0.1) is 11.8 Å². The van der Waals surface area contributed by atoms with Crippen molar-refractivity contribution in [3.63, 3.8) is 0 Å². The molecule has 0 radical (unpaired) electrons. The van der Waals surface area contributed by atoms with Gasteiger partial charge in [0.2, 0.25) is 11.8 Å². The van der Waals surface area contributed by atoms with Crippen molar-refractivity contribution < 1.29 is 15.8 Å². The molecular formula is C39H81N5O3. The smallest absolute Gasteiger partial charge is 0.223 e. The van der Waals surface area contributed by atoms with Crippen LogP contribution in [-0.4, -0.2) is 97.0 Å². The van der Waals surface area contributed by atoms with Crippen LogP contribution in [0.5, 0.6) is 0 Å². The molecule has 0 bridgehead atoms. The van der Waals surface area contributed by atoms with Crippen LogP contribution in [0.25, 0.3) is 0 Å². The third-order valence-electron chi connectivity index (χ3n) is 9.48. The summed E-state index contributed by atoms with van der Waals surface area (Å²) in [6.45, 7) is 32.5. The summed E-state index contributed by atoms with van der Waals surface area (Å²) in [5.41, 5.74) is 2.21. The van der Waals surface area contributed by atoms with Crippen molar-refractivity contribution in [3.8, 4) is 0 Å². The third kappa shape index (κ3) is 19.1. The highest BCUT2D eigenvalue weighted by molar-refractivity contribution is 5.92. The minimum atomic E-state index is 0. The van der Waals surface area contributed by atoms with E-state index in [1.807, 2.05) is 46.4 Å². The van der Waals surface area contributed by atoms with E-state index >= 15 is 0 Å². The Morgan fingerprint density at radius 3 is 1.64 bits per heavy atom. The van der Waals surface area contributed by atoms with Gasteiger partial charge in [0.25, 0.3) is 0 Å². The van der Waals surface area contributed by atoms with Crippen LogP contribution in [0.1, 0.15) is 162 Å². The van der Waals surface area contributed by atoms with Crippen molar-refractivity contribution in [2.45, 2.75) is 173 Å². The molecule has 2 atom stereocenters. The quantitative estimate of drug-likeness (QED) is 0.162. The van der Waals surface area contributed by atoms with Crippen LogP contribution < -0.4 is 0 Å².